The zero-order valence-electron chi connectivity index (χ0n) is 19.0. The first kappa shape index (κ1) is 20.4. The molecule has 32 heavy (non-hydrogen) atoms. The summed E-state index contributed by atoms with van der Waals surface area (Å²) in [6.45, 7) is 3.57. The van der Waals surface area contributed by atoms with Crippen LogP contribution in [0.25, 0.3) is 0 Å². The van der Waals surface area contributed by atoms with Crippen LogP contribution in [0, 0.1) is 11.8 Å². The Morgan fingerprint density at radius 1 is 1.25 bits per heavy atom. The number of hydrogen-bond acceptors (Lipinski definition) is 6. The minimum absolute atomic E-state index is 0.0632. The fraction of sp³-hybridized carbons (Fsp3) is 0.750. The summed E-state index contributed by atoms with van der Waals surface area (Å²) in [4.78, 5) is 16.4. The van der Waals surface area contributed by atoms with Crippen LogP contribution in [0.15, 0.2) is 16.8 Å². The number of hydrogen-bond donors (Lipinski definition) is 1. The van der Waals surface area contributed by atoms with Crippen LogP contribution in [-0.4, -0.2) is 56.6 Å². The van der Waals surface area contributed by atoms with Crippen molar-refractivity contribution < 1.29 is 9.32 Å². The molecule has 2 aromatic heterocycles. The zero-order chi connectivity index (χ0) is 21.7. The molecule has 0 spiro atoms. The standard InChI is InChI=1S/C24H34N6O2/c1-29-25-13-20(27-29)10-23(31)26-19-6-2-16(3-7-19)8-9-30-14-18-12-24(18,15-30)22-11-21(32-28-22)17-4-5-17/h11,13,16-19H,2-10,12,14-15H2,1H3,(H,26,31)/t16-,18-,19-,24-/m0/s1. The molecule has 0 radical (unpaired) electrons. The topological polar surface area (TPSA) is 89.1 Å². The average molecular weight is 439 g/mol. The smallest absolute Gasteiger partial charge is 0.226 e. The highest BCUT2D eigenvalue weighted by molar-refractivity contribution is 5.78. The molecule has 172 valence electrons. The van der Waals surface area contributed by atoms with E-state index in [-0.39, 0.29) is 5.91 Å². The molecule has 1 amide bonds. The Labute approximate surface area is 189 Å². The third kappa shape index (κ3) is 4.09. The third-order valence-electron chi connectivity index (χ3n) is 8.29. The molecule has 1 aliphatic heterocycles. The van der Waals surface area contributed by atoms with E-state index in [0.717, 1.165) is 42.7 Å². The van der Waals surface area contributed by atoms with E-state index in [1.807, 2.05) is 0 Å². The van der Waals surface area contributed by atoms with Crippen LogP contribution in [0.5, 0.6) is 0 Å². The van der Waals surface area contributed by atoms with E-state index in [1.165, 1.54) is 62.1 Å². The Balaban J connectivity index is 0.921. The van der Waals surface area contributed by atoms with Gasteiger partial charge in [-0.1, -0.05) is 5.16 Å². The molecule has 8 heteroatoms. The molecule has 0 aromatic carbocycles. The lowest BCUT2D eigenvalue weighted by Crippen LogP contribution is -2.39. The van der Waals surface area contributed by atoms with Gasteiger partial charge in [0.05, 0.1) is 24.0 Å². The predicted molar refractivity (Wildman–Crippen MR) is 118 cm³/mol. The average Bonchev–Trinajstić information content (AvgIpc) is 3.59. The van der Waals surface area contributed by atoms with Gasteiger partial charge in [-0.3, -0.25) is 4.79 Å². The van der Waals surface area contributed by atoms with Crippen molar-refractivity contribution in [1.82, 2.24) is 30.4 Å². The number of likely N-dealkylation sites (tertiary alicyclic amines) is 1. The minimum Gasteiger partial charge on any atom is -0.361 e. The molecular formula is C24H34N6O2. The number of piperidine rings is 1. The second kappa shape index (κ2) is 7.97. The zero-order valence-corrected chi connectivity index (χ0v) is 19.0. The highest BCUT2D eigenvalue weighted by atomic mass is 16.5. The lowest BCUT2D eigenvalue weighted by Gasteiger charge is -2.30. The summed E-state index contributed by atoms with van der Waals surface area (Å²) < 4.78 is 5.65. The summed E-state index contributed by atoms with van der Waals surface area (Å²) in [6, 6.07) is 2.58. The van der Waals surface area contributed by atoms with Crippen molar-refractivity contribution >= 4 is 5.91 Å². The molecule has 4 aliphatic rings. The maximum Gasteiger partial charge on any atom is 0.226 e. The van der Waals surface area contributed by atoms with Gasteiger partial charge in [0.25, 0.3) is 0 Å². The van der Waals surface area contributed by atoms with Gasteiger partial charge in [0, 0.05) is 43.6 Å². The summed E-state index contributed by atoms with van der Waals surface area (Å²) in [5.41, 5.74) is 2.25. The van der Waals surface area contributed by atoms with E-state index < -0.39 is 0 Å². The molecule has 3 saturated carbocycles. The van der Waals surface area contributed by atoms with Crippen molar-refractivity contribution in [2.45, 2.75) is 75.2 Å². The monoisotopic (exact) mass is 438 g/mol. The molecule has 2 atom stereocenters. The Hall–Kier alpha value is -2.22. The van der Waals surface area contributed by atoms with Crippen LogP contribution in [0.3, 0.4) is 0 Å². The lowest BCUT2D eigenvalue weighted by atomic mass is 9.84. The van der Waals surface area contributed by atoms with Gasteiger partial charge in [-0.25, -0.2) is 0 Å². The number of aryl methyl sites for hydroxylation is 1. The molecule has 4 fully saturated rings. The van der Waals surface area contributed by atoms with E-state index >= 15 is 0 Å². The molecule has 2 aromatic rings. The number of carbonyl (C=O) groups is 1. The van der Waals surface area contributed by atoms with Gasteiger partial charge in [0.15, 0.2) is 0 Å². The van der Waals surface area contributed by atoms with Gasteiger partial charge in [-0.05, 0) is 69.7 Å². The SMILES string of the molecule is Cn1ncc(CC(=O)N[C@H]2CC[C@H](CCN3C[C@@H]4C[C@]4(c4cc(C5CC5)on4)C3)CC2)n1. The van der Waals surface area contributed by atoms with Crippen LogP contribution in [0.2, 0.25) is 0 Å². The number of nitrogens with one attached hydrogen (secondary N) is 1. The van der Waals surface area contributed by atoms with Crippen molar-refractivity contribution in [1.29, 1.82) is 0 Å². The molecular weight excluding hydrogens is 404 g/mol. The first-order valence-electron chi connectivity index (χ1n) is 12.4. The Bertz CT molecular complexity index is 973. The molecule has 0 bridgehead atoms. The van der Waals surface area contributed by atoms with Crippen molar-refractivity contribution in [3.63, 3.8) is 0 Å². The fourth-order valence-corrected chi connectivity index (χ4v) is 6.11. The molecule has 1 N–H and O–H groups in total. The molecule has 0 unspecified atom stereocenters. The molecule has 3 aliphatic carbocycles. The largest absolute Gasteiger partial charge is 0.361 e. The number of amides is 1. The maximum atomic E-state index is 12.3. The molecule has 3 heterocycles. The van der Waals surface area contributed by atoms with Gasteiger partial charge in [-0.2, -0.15) is 15.0 Å². The predicted octanol–water partition coefficient (Wildman–Crippen LogP) is 2.56. The summed E-state index contributed by atoms with van der Waals surface area (Å²) in [6.07, 6.45) is 11.7. The third-order valence-corrected chi connectivity index (χ3v) is 8.29. The van der Waals surface area contributed by atoms with Crippen molar-refractivity contribution in [3.05, 3.63) is 29.4 Å². The summed E-state index contributed by atoms with van der Waals surface area (Å²) >= 11 is 0. The summed E-state index contributed by atoms with van der Waals surface area (Å²) in [5, 5.41) is 15.9. The van der Waals surface area contributed by atoms with Gasteiger partial charge < -0.3 is 14.7 Å². The molecule has 1 saturated heterocycles. The van der Waals surface area contributed by atoms with Crippen molar-refractivity contribution in [2.75, 3.05) is 19.6 Å². The van der Waals surface area contributed by atoms with Crippen LogP contribution in [0.1, 0.15) is 74.4 Å². The second-order valence-electron chi connectivity index (χ2n) is 10.8. The Morgan fingerprint density at radius 2 is 2.09 bits per heavy atom. The Morgan fingerprint density at radius 3 is 2.84 bits per heavy atom. The number of fused-ring (bicyclic) bond motifs is 1. The highest BCUT2D eigenvalue weighted by Gasteiger charge is 2.62. The Kier molecular flexibility index (Phi) is 5.08. The van der Waals surface area contributed by atoms with Crippen LogP contribution < -0.4 is 5.32 Å². The number of nitrogens with zero attached hydrogens (tertiary/aromatic N) is 5. The number of rotatable bonds is 8. The fourth-order valence-electron chi connectivity index (χ4n) is 6.11. The van der Waals surface area contributed by atoms with E-state index in [9.17, 15) is 4.79 Å². The van der Waals surface area contributed by atoms with Crippen LogP contribution in [0.4, 0.5) is 0 Å². The van der Waals surface area contributed by atoms with Crippen LogP contribution in [-0.2, 0) is 23.7 Å². The van der Waals surface area contributed by atoms with E-state index in [4.69, 9.17) is 4.52 Å². The highest BCUT2D eigenvalue weighted by Crippen LogP contribution is 2.59. The summed E-state index contributed by atoms with van der Waals surface area (Å²) in [7, 11) is 1.77. The minimum atomic E-state index is 0.0632. The maximum absolute atomic E-state index is 12.3. The second-order valence-corrected chi connectivity index (χ2v) is 10.8. The molecule has 8 nitrogen and oxygen atoms in total. The quantitative estimate of drug-likeness (QED) is 0.681. The molecule has 6 rings (SSSR count). The number of aromatic nitrogens is 4. The van der Waals surface area contributed by atoms with Gasteiger partial charge in [0.2, 0.25) is 5.91 Å². The van der Waals surface area contributed by atoms with Crippen LogP contribution >= 0.6 is 0 Å². The lowest BCUT2D eigenvalue weighted by molar-refractivity contribution is -0.121. The van der Waals surface area contributed by atoms with Gasteiger partial charge >= 0.3 is 0 Å². The first-order chi connectivity index (χ1) is 15.6. The first-order valence-corrected chi connectivity index (χ1v) is 12.4. The normalized spacial score (nSPS) is 32.1. The van der Waals surface area contributed by atoms with Gasteiger partial charge in [-0.15, -0.1) is 0 Å². The van der Waals surface area contributed by atoms with E-state index in [1.54, 1.807) is 13.2 Å². The van der Waals surface area contributed by atoms with E-state index in [2.05, 4.69) is 31.6 Å². The van der Waals surface area contributed by atoms with E-state index in [0.29, 0.717) is 23.8 Å². The van der Waals surface area contributed by atoms with Crippen molar-refractivity contribution in [3.8, 4) is 0 Å². The summed E-state index contributed by atoms with van der Waals surface area (Å²) in [5.74, 6) is 3.39. The number of carbonyl (C=O) groups excluding carboxylic acids is 1. The van der Waals surface area contributed by atoms with Crippen molar-refractivity contribution in [2.24, 2.45) is 18.9 Å². The van der Waals surface area contributed by atoms with Gasteiger partial charge in [0.1, 0.15) is 5.76 Å².